The molecule has 1 aliphatic carbocycles. The summed E-state index contributed by atoms with van der Waals surface area (Å²) in [4.78, 5) is 12.0. The third kappa shape index (κ3) is 3.16. The van der Waals surface area contributed by atoms with Gasteiger partial charge in [-0.2, -0.15) is 0 Å². The average Bonchev–Trinajstić information content (AvgIpc) is 2.35. The largest absolute Gasteiger partial charge is 0.294 e. The quantitative estimate of drug-likeness (QED) is 0.792. The summed E-state index contributed by atoms with van der Waals surface area (Å²) in [5, 5.41) is 0.455. The molecule has 1 aromatic carbocycles. The highest BCUT2D eigenvalue weighted by Gasteiger charge is 2.14. The summed E-state index contributed by atoms with van der Waals surface area (Å²) in [5.74, 6) is -0.285. The van der Waals surface area contributed by atoms with Gasteiger partial charge in [-0.1, -0.05) is 17.7 Å². The fourth-order valence-electron chi connectivity index (χ4n) is 2.06. The standard InChI is InChI=1S/C14H14ClFO/c15-13-7-6-12(16)8-11(13)9-14(17)10-4-2-1-3-5-10/h4,6-8H,1-3,5,9H2. The predicted molar refractivity (Wildman–Crippen MR) is 66.7 cm³/mol. The zero-order valence-corrected chi connectivity index (χ0v) is 10.3. The third-order valence-corrected chi connectivity index (χ3v) is 3.38. The molecule has 0 amide bonds. The predicted octanol–water partition coefficient (Wildman–Crippen LogP) is 4.09. The number of benzene rings is 1. The molecule has 0 saturated heterocycles. The minimum atomic E-state index is -0.352. The van der Waals surface area contributed by atoms with Crippen LogP contribution in [0.4, 0.5) is 4.39 Å². The summed E-state index contributed by atoms with van der Waals surface area (Å²) in [6.45, 7) is 0. The zero-order chi connectivity index (χ0) is 12.3. The maximum absolute atomic E-state index is 13.1. The van der Waals surface area contributed by atoms with Crippen LogP contribution in [0.2, 0.25) is 5.02 Å². The minimum Gasteiger partial charge on any atom is -0.294 e. The van der Waals surface area contributed by atoms with E-state index in [0.29, 0.717) is 10.6 Å². The van der Waals surface area contributed by atoms with Crippen LogP contribution in [-0.4, -0.2) is 5.78 Å². The van der Waals surface area contributed by atoms with Crippen LogP contribution in [0.5, 0.6) is 0 Å². The normalized spacial score (nSPS) is 15.5. The first kappa shape index (κ1) is 12.3. The number of carbonyl (C=O) groups is 1. The Balaban J connectivity index is 2.12. The summed E-state index contributed by atoms with van der Waals surface area (Å²) in [6.07, 6.45) is 6.22. The fraction of sp³-hybridized carbons (Fsp3) is 0.357. The highest BCUT2D eigenvalue weighted by Crippen LogP contribution is 2.22. The molecule has 3 heteroatoms. The number of rotatable bonds is 3. The number of hydrogen-bond acceptors (Lipinski definition) is 1. The van der Waals surface area contributed by atoms with E-state index in [1.807, 2.05) is 6.08 Å². The van der Waals surface area contributed by atoms with Crippen molar-refractivity contribution in [1.82, 2.24) is 0 Å². The van der Waals surface area contributed by atoms with Gasteiger partial charge in [0.15, 0.2) is 5.78 Å². The zero-order valence-electron chi connectivity index (χ0n) is 9.51. The molecule has 0 atom stereocenters. The number of ketones is 1. The number of Topliss-reactive ketones (excluding diaryl/α,β-unsaturated/α-hetero) is 1. The van der Waals surface area contributed by atoms with Gasteiger partial charge in [0.25, 0.3) is 0 Å². The number of hydrogen-bond donors (Lipinski definition) is 0. The van der Waals surface area contributed by atoms with Crippen LogP contribution >= 0.6 is 11.6 Å². The third-order valence-electron chi connectivity index (χ3n) is 3.01. The topological polar surface area (TPSA) is 17.1 Å². The van der Waals surface area contributed by atoms with Gasteiger partial charge < -0.3 is 0 Å². The molecule has 0 spiro atoms. The molecular formula is C14H14ClFO. The van der Waals surface area contributed by atoms with E-state index in [4.69, 9.17) is 11.6 Å². The summed E-state index contributed by atoms with van der Waals surface area (Å²) < 4.78 is 13.1. The van der Waals surface area contributed by atoms with Crippen LogP contribution in [0.25, 0.3) is 0 Å². The Morgan fingerprint density at radius 1 is 1.35 bits per heavy atom. The average molecular weight is 253 g/mol. The Morgan fingerprint density at radius 2 is 2.18 bits per heavy atom. The van der Waals surface area contributed by atoms with Crippen LogP contribution in [0.1, 0.15) is 31.2 Å². The molecule has 1 aromatic rings. The molecule has 0 fully saturated rings. The van der Waals surface area contributed by atoms with Crippen LogP contribution in [0.15, 0.2) is 29.8 Å². The van der Waals surface area contributed by atoms with Crippen molar-refractivity contribution in [3.63, 3.8) is 0 Å². The molecule has 0 N–H and O–H groups in total. The Bertz CT molecular complexity index is 465. The van der Waals surface area contributed by atoms with Crippen molar-refractivity contribution in [3.8, 4) is 0 Å². The lowest BCUT2D eigenvalue weighted by Crippen LogP contribution is -2.09. The molecule has 90 valence electrons. The Hall–Kier alpha value is -1.15. The maximum Gasteiger partial charge on any atom is 0.162 e. The van der Waals surface area contributed by atoms with Crippen molar-refractivity contribution in [2.24, 2.45) is 0 Å². The molecule has 0 aliphatic heterocycles. The van der Waals surface area contributed by atoms with Crippen molar-refractivity contribution < 1.29 is 9.18 Å². The second-order valence-corrected chi connectivity index (χ2v) is 4.72. The Kier molecular flexibility index (Phi) is 3.95. The van der Waals surface area contributed by atoms with Gasteiger partial charge >= 0.3 is 0 Å². The van der Waals surface area contributed by atoms with Gasteiger partial charge in [0.1, 0.15) is 5.82 Å². The molecule has 2 rings (SSSR count). The van der Waals surface area contributed by atoms with E-state index in [9.17, 15) is 9.18 Å². The maximum atomic E-state index is 13.1. The van der Waals surface area contributed by atoms with Gasteiger partial charge in [0, 0.05) is 11.4 Å². The first-order chi connectivity index (χ1) is 8.16. The van der Waals surface area contributed by atoms with Crippen molar-refractivity contribution in [3.05, 3.63) is 46.3 Å². The molecule has 0 unspecified atom stereocenters. The second kappa shape index (κ2) is 5.46. The molecule has 0 radical (unpaired) electrons. The lowest BCUT2D eigenvalue weighted by atomic mass is 9.93. The summed E-state index contributed by atoms with van der Waals surface area (Å²) >= 11 is 5.94. The van der Waals surface area contributed by atoms with E-state index in [1.165, 1.54) is 18.2 Å². The molecule has 0 saturated carbocycles. The molecule has 1 nitrogen and oxygen atoms in total. The summed E-state index contributed by atoms with van der Waals surface area (Å²) in [7, 11) is 0. The monoisotopic (exact) mass is 252 g/mol. The van der Waals surface area contributed by atoms with Crippen molar-refractivity contribution >= 4 is 17.4 Å². The molecule has 0 bridgehead atoms. The Labute approximate surface area is 105 Å². The first-order valence-corrected chi connectivity index (χ1v) is 6.21. The van der Waals surface area contributed by atoms with Crippen molar-refractivity contribution in [2.75, 3.05) is 0 Å². The molecule has 0 heterocycles. The summed E-state index contributed by atoms with van der Waals surface area (Å²) in [6, 6.07) is 4.13. The van der Waals surface area contributed by atoms with Gasteiger partial charge in [-0.05, 0) is 55.0 Å². The van der Waals surface area contributed by atoms with E-state index in [1.54, 1.807) is 0 Å². The van der Waals surface area contributed by atoms with Gasteiger partial charge in [0.2, 0.25) is 0 Å². The summed E-state index contributed by atoms with van der Waals surface area (Å²) in [5.41, 5.74) is 1.44. The van der Waals surface area contributed by atoms with E-state index in [2.05, 4.69) is 0 Å². The SMILES string of the molecule is O=C(Cc1cc(F)ccc1Cl)C1=CCCCC1. The molecular weight excluding hydrogens is 239 g/mol. The first-order valence-electron chi connectivity index (χ1n) is 5.83. The van der Waals surface area contributed by atoms with E-state index in [-0.39, 0.29) is 18.0 Å². The van der Waals surface area contributed by atoms with Crippen LogP contribution in [-0.2, 0) is 11.2 Å². The van der Waals surface area contributed by atoms with E-state index < -0.39 is 0 Å². The highest BCUT2D eigenvalue weighted by atomic mass is 35.5. The van der Waals surface area contributed by atoms with Gasteiger partial charge in [-0.15, -0.1) is 0 Å². The van der Waals surface area contributed by atoms with Gasteiger partial charge in [-0.25, -0.2) is 4.39 Å². The van der Waals surface area contributed by atoms with Gasteiger partial charge in [0.05, 0.1) is 0 Å². The second-order valence-electron chi connectivity index (χ2n) is 4.31. The van der Waals surface area contributed by atoms with Crippen LogP contribution in [0, 0.1) is 5.82 Å². The lowest BCUT2D eigenvalue weighted by Gasteiger charge is -2.12. The van der Waals surface area contributed by atoms with E-state index in [0.717, 1.165) is 31.3 Å². The number of carbonyl (C=O) groups excluding carboxylic acids is 1. The smallest absolute Gasteiger partial charge is 0.162 e. The van der Waals surface area contributed by atoms with E-state index >= 15 is 0 Å². The van der Waals surface area contributed by atoms with Crippen LogP contribution in [0.3, 0.4) is 0 Å². The highest BCUT2D eigenvalue weighted by molar-refractivity contribution is 6.31. The molecule has 0 aromatic heterocycles. The van der Waals surface area contributed by atoms with Gasteiger partial charge in [-0.3, -0.25) is 4.79 Å². The molecule has 1 aliphatic rings. The van der Waals surface area contributed by atoms with Crippen molar-refractivity contribution in [2.45, 2.75) is 32.1 Å². The Morgan fingerprint density at radius 3 is 2.88 bits per heavy atom. The minimum absolute atomic E-state index is 0.0669. The number of allylic oxidation sites excluding steroid dienone is 2. The lowest BCUT2D eigenvalue weighted by molar-refractivity contribution is -0.115. The fourth-order valence-corrected chi connectivity index (χ4v) is 2.24. The van der Waals surface area contributed by atoms with Crippen LogP contribution < -0.4 is 0 Å². The number of halogens is 2. The molecule has 17 heavy (non-hydrogen) atoms. The van der Waals surface area contributed by atoms with Crippen molar-refractivity contribution in [1.29, 1.82) is 0 Å².